The molecule has 2 saturated carbocycles. The van der Waals surface area contributed by atoms with E-state index < -0.39 is 28.6 Å². The number of aromatic nitrogens is 2. The Bertz CT molecular complexity index is 3280. The highest BCUT2D eigenvalue weighted by Crippen LogP contribution is 2.68. The third-order valence-corrected chi connectivity index (χ3v) is 19.3. The van der Waals surface area contributed by atoms with Crippen molar-refractivity contribution in [2.24, 2.45) is 17.3 Å². The third kappa shape index (κ3) is 9.52. The van der Waals surface area contributed by atoms with E-state index in [0.717, 1.165) is 99.7 Å². The van der Waals surface area contributed by atoms with Gasteiger partial charge in [-0.3, -0.25) is 24.1 Å². The molecule has 418 valence electrons. The second-order valence-corrected chi connectivity index (χ2v) is 24.1. The Hall–Kier alpha value is -6.49. The molecule has 16 heteroatoms. The molecule has 1 amide bonds. The van der Waals surface area contributed by atoms with Crippen LogP contribution in [-0.4, -0.2) is 125 Å². The maximum atomic E-state index is 13.8. The van der Waals surface area contributed by atoms with E-state index in [1.807, 2.05) is 37.2 Å². The first-order valence-electron chi connectivity index (χ1n) is 28.8. The maximum absolute atomic E-state index is 13.8. The first-order chi connectivity index (χ1) is 37.8. The number of amides is 1. The van der Waals surface area contributed by atoms with Crippen molar-refractivity contribution in [1.82, 2.24) is 24.3 Å². The van der Waals surface area contributed by atoms with Gasteiger partial charge in [-0.1, -0.05) is 44.4 Å². The predicted molar refractivity (Wildman–Crippen MR) is 300 cm³/mol. The van der Waals surface area contributed by atoms with Gasteiger partial charge in [0, 0.05) is 98.8 Å². The van der Waals surface area contributed by atoms with Gasteiger partial charge in [0.25, 0.3) is 5.56 Å². The number of hydrogen-bond acceptors (Lipinski definition) is 14. The van der Waals surface area contributed by atoms with Gasteiger partial charge in [0.2, 0.25) is 0 Å². The number of ether oxygens (including phenoxy) is 3. The first-order valence-corrected chi connectivity index (χ1v) is 28.8. The fourth-order valence-electron chi connectivity index (χ4n) is 15.1. The molecule has 1 unspecified atom stereocenters. The van der Waals surface area contributed by atoms with Gasteiger partial charge >= 0.3 is 18.0 Å². The van der Waals surface area contributed by atoms with Crippen molar-refractivity contribution in [2.75, 3.05) is 65.3 Å². The minimum absolute atomic E-state index is 0.0578. The van der Waals surface area contributed by atoms with Crippen molar-refractivity contribution in [2.45, 2.75) is 142 Å². The Morgan fingerprint density at radius 3 is 2.39 bits per heavy atom. The summed E-state index contributed by atoms with van der Waals surface area (Å²) in [7, 11) is 6.07. The quantitative estimate of drug-likeness (QED) is 0.0776. The molecule has 16 nitrogen and oxygen atoms in total. The Balaban J connectivity index is 0.674. The van der Waals surface area contributed by atoms with Crippen LogP contribution in [0.1, 0.15) is 138 Å². The molecule has 2 aromatic heterocycles. The van der Waals surface area contributed by atoms with Crippen LogP contribution in [0.25, 0.3) is 22.3 Å². The lowest BCUT2D eigenvalue weighted by atomic mass is 9.50. The highest BCUT2D eigenvalue weighted by atomic mass is 16.6. The molecule has 4 aliphatic carbocycles. The fourth-order valence-corrected chi connectivity index (χ4v) is 15.1. The average molecular weight is 1080 g/mol. The summed E-state index contributed by atoms with van der Waals surface area (Å²) < 4.78 is 19.2. The molecule has 7 aliphatic rings. The van der Waals surface area contributed by atoms with E-state index >= 15 is 0 Å². The van der Waals surface area contributed by atoms with Gasteiger partial charge in [0.15, 0.2) is 22.8 Å². The number of rotatable bonds is 15. The summed E-state index contributed by atoms with van der Waals surface area (Å²) in [5.74, 6) is 0.00779. The van der Waals surface area contributed by atoms with Gasteiger partial charge in [-0.2, -0.15) is 0 Å². The maximum Gasteiger partial charge on any atom is 0.415 e. The number of hydrogen-bond donors (Lipinski definition) is 1. The van der Waals surface area contributed by atoms with Crippen molar-refractivity contribution >= 4 is 46.2 Å². The second-order valence-electron chi connectivity index (χ2n) is 24.1. The van der Waals surface area contributed by atoms with E-state index in [2.05, 4.69) is 48.0 Å². The van der Waals surface area contributed by atoms with Gasteiger partial charge in [0.05, 0.1) is 29.0 Å². The van der Waals surface area contributed by atoms with Gasteiger partial charge < -0.3 is 38.6 Å². The molecule has 0 spiro atoms. The number of fused-ring (bicyclic) bond motifs is 9. The number of carbonyl (C=O) groups is 5. The monoisotopic (exact) mass is 1080 g/mol. The number of nitrogens with zero attached hydrogens (tertiary/aromatic N) is 6. The lowest BCUT2D eigenvalue weighted by Gasteiger charge is -2.55. The summed E-state index contributed by atoms with van der Waals surface area (Å²) in [5.41, 5.74) is 6.52. The molecule has 11 rings (SSSR count). The number of anilines is 1. The largest absolute Gasteiger partial charge is 0.458 e. The highest BCUT2D eigenvalue weighted by Gasteiger charge is 2.67. The van der Waals surface area contributed by atoms with E-state index in [1.54, 1.807) is 35.4 Å². The lowest BCUT2D eigenvalue weighted by molar-refractivity contribution is -0.182. The molecule has 1 saturated heterocycles. The third-order valence-electron chi connectivity index (χ3n) is 19.3. The fraction of sp³-hybridized carbons (Fsp3) is 0.540. The number of piperazine rings is 1. The summed E-state index contributed by atoms with van der Waals surface area (Å²) in [6, 6.07) is 16.3. The van der Waals surface area contributed by atoms with Crippen molar-refractivity contribution in [3.63, 3.8) is 0 Å². The topological polar surface area (TPSA) is 181 Å². The van der Waals surface area contributed by atoms with E-state index in [9.17, 15) is 33.9 Å². The van der Waals surface area contributed by atoms with Crippen LogP contribution < -0.4 is 15.2 Å². The molecule has 0 bridgehead atoms. The summed E-state index contributed by atoms with van der Waals surface area (Å²) >= 11 is 0. The van der Waals surface area contributed by atoms with Gasteiger partial charge in [-0.25, -0.2) is 14.6 Å². The Morgan fingerprint density at radius 1 is 0.911 bits per heavy atom. The van der Waals surface area contributed by atoms with Crippen LogP contribution in [0.5, 0.6) is 5.75 Å². The minimum atomic E-state index is -1.91. The van der Waals surface area contributed by atoms with Crippen LogP contribution in [0.2, 0.25) is 0 Å². The number of benzene rings is 2. The van der Waals surface area contributed by atoms with Crippen LogP contribution in [0.4, 0.5) is 10.5 Å². The van der Waals surface area contributed by atoms with Crippen molar-refractivity contribution in [1.29, 1.82) is 0 Å². The summed E-state index contributed by atoms with van der Waals surface area (Å²) in [5, 5.41) is 12.1. The van der Waals surface area contributed by atoms with Crippen molar-refractivity contribution in [3.8, 4) is 17.1 Å². The number of cyclic esters (lactones) is 1. The van der Waals surface area contributed by atoms with Crippen molar-refractivity contribution < 1.29 is 43.3 Å². The number of allylic oxidation sites excluding steroid dienone is 4. The smallest absolute Gasteiger partial charge is 0.415 e. The van der Waals surface area contributed by atoms with Crippen molar-refractivity contribution in [3.05, 3.63) is 109 Å². The number of carbonyl (C=O) groups excluding carboxylic acids is 5. The number of ketones is 2. The van der Waals surface area contributed by atoms with Crippen LogP contribution >= 0.6 is 0 Å². The molecule has 5 heterocycles. The molecule has 4 aromatic rings. The number of unbranched alkanes of at least 4 members (excludes halogenated alkanes) is 3. The SMILES string of the molecule is CCC1(O)C(=O)OCc2c1cc1n(c2=O)Cc2cc3c(CN(C)C)c(OC(=O)N4CCN(CCCCCCN(C)c5ccc([C@H]6C[C@@]7(C)[C@@H](CC[C@]7(OC(C)=O)C(C)=O)[C@@H]7CCC8=CC(=O)CCC8=C76)cc5)CC4)ccc3nc2-1. The summed E-state index contributed by atoms with van der Waals surface area (Å²) in [6.45, 7) is 12.1. The van der Waals surface area contributed by atoms with Gasteiger partial charge in [-0.05, 0) is 156 Å². The zero-order valence-electron chi connectivity index (χ0n) is 47.1. The zero-order valence-corrected chi connectivity index (χ0v) is 47.1. The zero-order chi connectivity index (χ0) is 55.7. The molecule has 1 N–H and O–H groups in total. The number of aliphatic hydroxyl groups is 1. The van der Waals surface area contributed by atoms with Crippen LogP contribution in [0, 0.1) is 17.3 Å². The molecule has 3 fully saturated rings. The number of pyridine rings is 2. The van der Waals surface area contributed by atoms with E-state index in [0.29, 0.717) is 61.6 Å². The van der Waals surface area contributed by atoms with E-state index in [1.165, 1.54) is 29.2 Å². The van der Waals surface area contributed by atoms with E-state index in [4.69, 9.17) is 19.2 Å². The summed E-state index contributed by atoms with van der Waals surface area (Å²) in [4.78, 5) is 92.6. The molecule has 79 heavy (non-hydrogen) atoms. The Kier molecular flexibility index (Phi) is 14.6. The van der Waals surface area contributed by atoms with E-state index in [-0.39, 0.29) is 71.7 Å². The molecular weight excluding hydrogens is 1000 g/mol. The average Bonchev–Trinajstić information content (AvgIpc) is 4.20. The van der Waals surface area contributed by atoms with Crippen LogP contribution in [-0.2, 0) is 53.9 Å². The molecular formula is C63H76N6O10. The lowest BCUT2D eigenvalue weighted by Crippen LogP contribution is -2.57. The Morgan fingerprint density at radius 2 is 1.67 bits per heavy atom. The first kappa shape index (κ1) is 54.5. The normalized spacial score (nSPS) is 26.2. The molecule has 3 aliphatic heterocycles. The minimum Gasteiger partial charge on any atom is -0.458 e. The Labute approximate surface area is 462 Å². The van der Waals surface area contributed by atoms with Gasteiger partial charge in [-0.15, -0.1) is 0 Å². The number of esters is 2. The van der Waals surface area contributed by atoms with Gasteiger partial charge in [0.1, 0.15) is 12.4 Å². The number of Topliss-reactive ketones (excluding diaryl/α,β-unsaturated/α-hetero) is 1. The summed E-state index contributed by atoms with van der Waals surface area (Å²) in [6.07, 6.45) is 11.2. The molecule has 6 atom stereocenters. The standard InChI is InChI=1S/C63H76N6O10/c1-8-62(76)52-33-54-57-42(35-69(54)58(73)50(52)37-77-59(62)74)32-47-49(36-65(5)6)55(22-21-53(47)64-57)78-60(75)68-29-27-67(28-30-68)26-12-10-9-11-25-66(7)43-16-13-40(14-17-43)48-34-61(4)51(23-24-63(61,38(2)70)79-39(3)71)46-19-15-41-31-44(72)18-20-45(41)56(46)48/h13-14,16-17,21-22,31-33,46,48,51,76H,8-12,15,18-20,23-30,34-37H2,1-7H3/t46-,48+,51-,61-,62?,63-/m0/s1. The highest BCUT2D eigenvalue weighted by molar-refractivity contribution is 5.93. The molecule has 2 aromatic carbocycles. The van der Waals surface area contributed by atoms with Crippen LogP contribution in [0.3, 0.4) is 0 Å². The second kappa shape index (κ2) is 21.2. The predicted octanol–water partition coefficient (Wildman–Crippen LogP) is 8.74. The molecule has 0 radical (unpaired) electrons. The van der Waals surface area contributed by atoms with Crippen LogP contribution in [0.15, 0.2) is 76.1 Å².